The third-order valence-corrected chi connectivity index (χ3v) is 15.5. The summed E-state index contributed by atoms with van der Waals surface area (Å²) in [4.78, 5) is 7.30. The van der Waals surface area contributed by atoms with Crippen LogP contribution in [0.25, 0.3) is 28.2 Å². The van der Waals surface area contributed by atoms with E-state index in [0.29, 0.717) is 38.0 Å². The van der Waals surface area contributed by atoms with Gasteiger partial charge in [0.05, 0.1) is 62.9 Å². The van der Waals surface area contributed by atoms with Gasteiger partial charge in [-0.25, -0.2) is 9.36 Å². The van der Waals surface area contributed by atoms with Crippen LogP contribution in [0.2, 0.25) is 18.1 Å². The lowest BCUT2D eigenvalue weighted by atomic mass is 10.1. The number of hydrogen-bond acceptors (Lipinski definition) is 9. The summed E-state index contributed by atoms with van der Waals surface area (Å²) in [5.41, 5.74) is 5.39. The third-order valence-electron chi connectivity index (χ3n) is 9.85. The third kappa shape index (κ3) is 8.88. The van der Waals surface area contributed by atoms with Crippen LogP contribution in [0.5, 0.6) is 11.8 Å². The van der Waals surface area contributed by atoms with Crippen molar-refractivity contribution in [1.29, 1.82) is 0 Å². The minimum atomic E-state index is -1.88. The summed E-state index contributed by atoms with van der Waals surface area (Å²) in [5.74, 6) is 1.33. The van der Waals surface area contributed by atoms with Crippen LogP contribution in [-0.4, -0.2) is 86.6 Å². The molecule has 4 aromatic rings. The minimum Gasteiger partial charge on any atom is -0.473 e. The van der Waals surface area contributed by atoms with Gasteiger partial charge in [-0.3, -0.25) is 14.6 Å². The standard InChI is InChI=1S/C37H57IN8O4Si/c1-13-29-27-20-30(40-26(5)34(27)46(41-29)32-16-14-15-18-47-32)28-21-39-44(10)36(28)50-25(4)22-43(9)23-31-33(38)35(49-24(2)3)42-45(31)17-19-48-51(11,12)37(6,7)8/h13,20-21,24-25,32H,1,14-19,22-23H2,2-12H3/t25-,32?/m0/s1. The zero-order chi connectivity index (χ0) is 37.2. The van der Waals surface area contributed by atoms with Crippen molar-refractivity contribution in [3.8, 4) is 23.0 Å². The van der Waals surface area contributed by atoms with Crippen molar-refractivity contribution in [2.75, 3.05) is 26.8 Å². The highest BCUT2D eigenvalue weighted by atomic mass is 127. The highest BCUT2D eigenvalue weighted by Crippen LogP contribution is 2.37. The van der Waals surface area contributed by atoms with E-state index in [1.807, 2.05) is 38.7 Å². The molecule has 1 aliphatic rings. The maximum atomic E-state index is 6.63. The van der Waals surface area contributed by atoms with Crippen LogP contribution in [0.15, 0.2) is 18.8 Å². The van der Waals surface area contributed by atoms with Gasteiger partial charge in [0.25, 0.3) is 0 Å². The molecule has 0 N–H and O–H groups in total. The highest BCUT2D eigenvalue weighted by Gasteiger charge is 2.37. The quantitative estimate of drug-likeness (QED) is 0.0871. The van der Waals surface area contributed by atoms with Crippen molar-refractivity contribution < 1.29 is 18.6 Å². The topological polar surface area (TPSA) is 107 Å². The molecule has 51 heavy (non-hydrogen) atoms. The first kappa shape index (κ1) is 39.4. The Bertz CT molecular complexity index is 1820. The first-order valence-corrected chi connectivity index (χ1v) is 22.1. The van der Waals surface area contributed by atoms with Crippen LogP contribution in [0.4, 0.5) is 0 Å². The van der Waals surface area contributed by atoms with Gasteiger partial charge < -0.3 is 18.6 Å². The minimum absolute atomic E-state index is 0.0295. The fourth-order valence-corrected chi connectivity index (χ4v) is 7.92. The number of aryl methyl sites for hydroxylation is 2. The Morgan fingerprint density at radius 1 is 1.18 bits per heavy atom. The SMILES string of the molecule is C=Cc1nn(C2CCCCO2)c2c(C)nc(-c3cnn(C)c3O[C@@H](C)CN(C)Cc3c(I)c(OC(C)C)nn3CCO[Si](C)(C)C(C)(C)C)cc12. The van der Waals surface area contributed by atoms with E-state index in [4.69, 9.17) is 33.8 Å². The van der Waals surface area contributed by atoms with Crippen LogP contribution < -0.4 is 9.47 Å². The van der Waals surface area contributed by atoms with Crippen LogP contribution in [0.1, 0.15) is 84.1 Å². The molecular formula is C37H57IN8O4Si. The normalized spacial score (nSPS) is 16.4. The first-order chi connectivity index (χ1) is 24.0. The van der Waals surface area contributed by atoms with Crippen molar-refractivity contribution in [3.63, 3.8) is 0 Å². The van der Waals surface area contributed by atoms with E-state index in [1.165, 1.54) is 0 Å². The van der Waals surface area contributed by atoms with Crippen LogP contribution in [-0.2, 0) is 29.3 Å². The fraction of sp³-hybridized carbons (Fsp3) is 0.622. The van der Waals surface area contributed by atoms with Crippen molar-refractivity contribution in [3.05, 3.63) is 39.5 Å². The van der Waals surface area contributed by atoms with E-state index in [2.05, 4.69) is 97.8 Å². The molecule has 14 heteroatoms. The van der Waals surface area contributed by atoms with Crippen molar-refractivity contribution in [1.82, 2.24) is 39.2 Å². The Kier molecular flexibility index (Phi) is 12.4. The fourth-order valence-electron chi connectivity index (χ4n) is 6.20. The lowest BCUT2D eigenvalue weighted by Gasteiger charge is -2.36. The summed E-state index contributed by atoms with van der Waals surface area (Å²) in [5, 5.41) is 15.5. The summed E-state index contributed by atoms with van der Waals surface area (Å²) >= 11 is 2.37. The number of nitrogens with zero attached hydrogens (tertiary/aromatic N) is 8. The Labute approximate surface area is 318 Å². The van der Waals surface area contributed by atoms with Gasteiger partial charge in [0.1, 0.15) is 6.10 Å². The number of aromatic nitrogens is 7. The summed E-state index contributed by atoms with van der Waals surface area (Å²) < 4.78 is 32.2. The van der Waals surface area contributed by atoms with E-state index in [-0.39, 0.29) is 23.5 Å². The number of halogens is 1. The number of hydrogen-bond donors (Lipinski definition) is 0. The number of rotatable bonds is 15. The molecule has 280 valence electrons. The van der Waals surface area contributed by atoms with Crippen molar-refractivity contribution >= 4 is 47.9 Å². The second kappa shape index (κ2) is 16.1. The molecule has 0 spiro atoms. The number of ether oxygens (including phenoxy) is 3. The van der Waals surface area contributed by atoms with Crippen LogP contribution in [0, 0.1) is 10.5 Å². The molecule has 1 saturated heterocycles. The van der Waals surface area contributed by atoms with Gasteiger partial charge in [-0.1, -0.05) is 27.4 Å². The summed E-state index contributed by atoms with van der Waals surface area (Å²) in [6.07, 6.45) is 6.54. The molecule has 0 saturated carbocycles. The summed E-state index contributed by atoms with van der Waals surface area (Å²) in [6.45, 7) is 26.9. The van der Waals surface area contributed by atoms with Crippen LogP contribution >= 0.6 is 22.6 Å². The molecule has 0 radical (unpaired) electrons. The number of likely N-dealkylation sites (N-methyl/N-ethyl adjacent to an activating group) is 1. The summed E-state index contributed by atoms with van der Waals surface area (Å²) in [7, 11) is 2.12. The Morgan fingerprint density at radius 3 is 2.57 bits per heavy atom. The van der Waals surface area contributed by atoms with Gasteiger partial charge in [0.2, 0.25) is 11.8 Å². The van der Waals surface area contributed by atoms with Gasteiger partial charge in [0.15, 0.2) is 14.5 Å². The largest absolute Gasteiger partial charge is 0.473 e. The van der Waals surface area contributed by atoms with E-state index >= 15 is 0 Å². The average molecular weight is 833 g/mol. The van der Waals surface area contributed by atoms with Gasteiger partial charge in [-0.05, 0) is 107 Å². The molecule has 12 nitrogen and oxygen atoms in total. The molecule has 0 bridgehead atoms. The Morgan fingerprint density at radius 2 is 1.92 bits per heavy atom. The van der Waals surface area contributed by atoms with E-state index in [1.54, 1.807) is 10.8 Å². The molecule has 1 aliphatic heterocycles. The smallest absolute Gasteiger partial charge is 0.246 e. The monoisotopic (exact) mass is 832 g/mol. The molecule has 2 atom stereocenters. The predicted octanol–water partition coefficient (Wildman–Crippen LogP) is 7.99. The van der Waals surface area contributed by atoms with Gasteiger partial charge >= 0.3 is 0 Å². The molecule has 5 rings (SSSR count). The molecule has 4 aromatic heterocycles. The molecule has 0 amide bonds. The van der Waals surface area contributed by atoms with E-state index in [0.717, 1.165) is 68.7 Å². The molecule has 1 unspecified atom stereocenters. The second-order valence-electron chi connectivity index (χ2n) is 15.5. The summed E-state index contributed by atoms with van der Waals surface area (Å²) in [6, 6.07) is 2.07. The molecule has 5 heterocycles. The number of fused-ring (bicyclic) bond motifs is 1. The lowest BCUT2D eigenvalue weighted by Crippen LogP contribution is -2.41. The second-order valence-corrected chi connectivity index (χ2v) is 21.4. The molecule has 1 fully saturated rings. The van der Waals surface area contributed by atoms with E-state index in [9.17, 15) is 0 Å². The van der Waals surface area contributed by atoms with E-state index < -0.39 is 8.32 Å². The lowest BCUT2D eigenvalue weighted by molar-refractivity contribution is -0.0368. The maximum Gasteiger partial charge on any atom is 0.246 e. The average Bonchev–Trinajstić information content (AvgIpc) is 3.70. The maximum absolute atomic E-state index is 6.63. The Hall–Kier alpha value is -2.79. The van der Waals surface area contributed by atoms with Crippen molar-refractivity contribution in [2.45, 2.75) is 117 Å². The molecule has 0 aliphatic carbocycles. The van der Waals surface area contributed by atoms with Gasteiger partial charge in [0, 0.05) is 32.1 Å². The zero-order valence-electron chi connectivity index (χ0n) is 32.4. The molecular weight excluding hydrogens is 775 g/mol. The highest BCUT2D eigenvalue weighted by molar-refractivity contribution is 14.1. The van der Waals surface area contributed by atoms with Gasteiger partial charge in [-0.2, -0.15) is 10.2 Å². The first-order valence-electron chi connectivity index (χ1n) is 18.1. The Balaban J connectivity index is 1.32. The predicted molar refractivity (Wildman–Crippen MR) is 214 cm³/mol. The van der Waals surface area contributed by atoms with Crippen LogP contribution in [0.3, 0.4) is 0 Å². The molecule has 0 aromatic carbocycles. The van der Waals surface area contributed by atoms with Crippen molar-refractivity contribution in [2.24, 2.45) is 7.05 Å². The number of pyridine rings is 1. The zero-order valence-corrected chi connectivity index (χ0v) is 35.6. The van der Waals surface area contributed by atoms with Gasteiger partial charge in [-0.15, -0.1) is 5.10 Å².